The molecule has 0 fully saturated rings. The molecule has 218 valence electrons. The van der Waals surface area contributed by atoms with Gasteiger partial charge in [-0.2, -0.15) is 0 Å². The zero-order chi connectivity index (χ0) is 29.5. The largest absolute Gasteiger partial charge is 0.481 e. The highest BCUT2D eigenvalue weighted by molar-refractivity contribution is 5.96. The number of fused-ring (bicyclic) bond motifs is 2. The summed E-state index contributed by atoms with van der Waals surface area (Å²) in [7, 11) is 0. The number of hydrogen-bond donors (Lipinski definition) is 4. The predicted molar refractivity (Wildman–Crippen MR) is 161 cm³/mol. The van der Waals surface area contributed by atoms with Crippen LogP contribution in [0.5, 0.6) is 0 Å². The van der Waals surface area contributed by atoms with Crippen LogP contribution in [0.25, 0.3) is 11.0 Å². The second-order valence-corrected chi connectivity index (χ2v) is 10.6. The van der Waals surface area contributed by atoms with Crippen LogP contribution in [0, 0.1) is 0 Å². The molecule has 42 heavy (non-hydrogen) atoms. The molecule has 1 aromatic heterocycles. The average molecular weight is 569 g/mol. The van der Waals surface area contributed by atoms with Crippen LogP contribution in [0.3, 0.4) is 0 Å². The molecular formula is C32H36N6O4. The van der Waals surface area contributed by atoms with Gasteiger partial charge in [0.15, 0.2) is 0 Å². The third-order valence-corrected chi connectivity index (χ3v) is 7.49. The number of nitrogens with two attached hydrogens (primary N) is 1. The van der Waals surface area contributed by atoms with Gasteiger partial charge in [0.05, 0.1) is 24.0 Å². The lowest BCUT2D eigenvalue weighted by atomic mass is 10.1. The van der Waals surface area contributed by atoms with E-state index in [1.807, 2.05) is 60.7 Å². The Morgan fingerprint density at radius 3 is 2.60 bits per heavy atom. The van der Waals surface area contributed by atoms with E-state index >= 15 is 0 Å². The lowest BCUT2D eigenvalue weighted by Gasteiger charge is -2.24. The van der Waals surface area contributed by atoms with Crippen LogP contribution in [0.15, 0.2) is 72.8 Å². The van der Waals surface area contributed by atoms with Gasteiger partial charge in [-0.05, 0) is 67.3 Å². The van der Waals surface area contributed by atoms with Crippen molar-refractivity contribution < 1.29 is 19.5 Å². The molecule has 5 N–H and O–H groups in total. The molecule has 3 aromatic carbocycles. The molecule has 1 atom stereocenters. The standard InChI is InChI=1S/C32H36N6O4/c33-15-6-7-16-37(21-29-35-26-10-4-5-11-27(26)36-29)31(41)23-12-13-25-24(18-23)20-38(17-14-22-8-2-1-3-9-22)32(42)28(34-25)19-30(39)40/h1-5,8-13,18,28,34H,6-7,14-17,19-21,33H2,(H,35,36)(H,39,40). The highest BCUT2D eigenvalue weighted by Crippen LogP contribution is 2.27. The Bertz CT molecular complexity index is 1520. The van der Waals surface area contributed by atoms with Crippen LogP contribution >= 0.6 is 0 Å². The predicted octanol–water partition coefficient (Wildman–Crippen LogP) is 3.78. The first-order valence-electron chi connectivity index (χ1n) is 14.3. The van der Waals surface area contributed by atoms with Crippen molar-refractivity contribution in [2.24, 2.45) is 5.73 Å². The van der Waals surface area contributed by atoms with Crippen molar-refractivity contribution in [3.05, 3.63) is 95.3 Å². The number of rotatable bonds is 12. The number of nitrogens with one attached hydrogen (secondary N) is 2. The Balaban J connectivity index is 1.40. The van der Waals surface area contributed by atoms with Gasteiger partial charge in [0.2, 0.25) is 5.91 Å². The van der Waals surface area contributed by atoms with E-state index in [-0.39, 0.29) is 24.8 Å². The molecule has 2 amide bonds. The van der Waals surface area contributed by atoms with Crippen LogP contribution in [0.1, 0.15) is 46.6 Å². The minimum Gasteiger partial charge on any atom is -0.481 e. The lowest BCUT2D eigenvalue weighted by molar-refractivity contribution is -0.141. The van der Waals surface area contributed by atoms with Crippen LogP contribution in [0.2, 0.25) is 0 Å². The van der Waals surface area contributed by atoms with E-state index in [1.165, 1.54) is 0 Å². The highest BCUT2D eigenvalue weighted by atomic mass is 16.4. The number of carboxylic acid groups (broad SMARTS) is 1. The van der Waals surface area contributed by atoms with Crippen LogP contribution in [0.4, 0.5) is 5.69 Å². The number of carbonyl (C=O) groups is 3. The SMILES string of the molecule is NCCCCN(Cc1nc2ccccc2[nH]1)C(=O)c1ccc2c(c1)CN(CCc1ccccc1)C(=O)C(CC(=O)O)N2. The van der Waals surface area contributed by atoms with E-state index in [0.29, 0.717) is 49.7 Å². The first-order chi connectivity index (χ1) is 20.4. The third kappa shape index (κ3) is 6.95. The maximum absolute atomic E-state index is 13.9. The van der Waals surface area contributed by atoms with E-state index in [9.17, 15) is 19.5 Å². The summed E-state index contributed by atoms with van der Waals surface area (Å²) >= 11 is 0. The number of amides is 2. The second-order valence-electron chi connectivity index (χ2n) is 10.6. The summed E-state index contributed by atoms with van der Waals surface area (Å²) in [5.41, 5.74) is 10.5. The van der Waals surface area contributed by atoms with Crippen molar-refractivity contribution in [1.29, 1.82) is 0 Å². The third-order valence-electron chi connectivity index (χ3n) is 7.49. The number of imidazole rings is 1. The first kappa shape index (κ1) is 28.8. The van der Waals surface area contributed by atoms with Gasteiger partial charge in [-0.25, -0.2) is 4.98 Å². The first-order valence-corrected chi connectivity index (χ1v) is 14.3. The molecule has 10 nitrogen and oxygen atoms in total. The molecule has 4 aromatic rings. The Labute approximate surface area is 244 Å². The number of aromatic nitrogens is 2. The number of unbranched alkanes of at least 4 members (excludes halogenated alkanes) is 1. The average Bonchev–Trinajstić information content (AvgIpc) is 3.36. The lowest BCUT2D eigenvalue weighted by Crippen LogP contribution is -2.42. The Morgan fingerprint density at radius 1 is 1.05 bits per heavy atom. The van der Waals surface area contributed by atoms with Gasteiger partial charge in [0.1, 0.15) is 11.9 Å². The number of anilines is 1. The van der Waals surface area contributed by atoms with Crippen LogP contribution < -0.4 is 11.1 Å². The number of aromatic amines is 1. The van der Waals surface area contributed by atoms with Crippen molar-refractivity contribution in [2.75, 3.05) is 25.0 Å². The van der Waals surface area contributed by atoms with Gasteiger partial charge in [-0.15, -0.1) is 0 Å². The van der Waals surface area contributed by atoms with Crippen molar-refractivity contribution in [2.45, 2.75) is 44.8 Å². The number of aliphatic carboxylic acids is 1. The van der Waals surface area contributed by atoms with Gasteiger partial charge in [0.25, 0.3) is 5.91 Å². The minimum atomic E-state index is -1.06. The van der Waals surface area contributed by atoms with Gasteiger partial charge in [0, 0.05) is 30.9 Å². The van der Waals surface area contributed by atoms with Crippen LogP contribution in [-0.4, -0.2) is 68.3 Å². The van der Waals surface area contributed by atoms with E-state index in [0.717, 1.165) is 35.0 Å². The quantitative estimate of drug-likeness (QED) is 0.190. The van der Waals surface area contributed by atoms with Crippen LogP contribution in [-0.2, 0) is 29.1 Å². The Morgan fingerprint density at radius 2 is 1.83 bits per heavy atom. The number of carbonyl (C=O) groups excluding carboxylic acids is 2. The zero-order valence-corrected chi connectivity index (χ0v) is 23.5. The number of hydrogen-bond acceptors (Lipinski definition) is 6. The molecule has 0 saturated heterocycles. The summed E-state index contributed by atoms with van der Waals surface area (Å²) in [5, 5.41) is 12.6. The van der Waals surface area contributed by atoms with Crippen molar-refractivity contribution in [3.8, 4) is 0 Å². The number of carboxylic acids is 1. The van der Waals surface area contributed by atoms with Crippen molar-refractivity contribution in [3.63, 3.8) is 0 Å². The summed E-state index contributed by atoms with van der Waals surface area (Å²) in [6.07, 6.45) is 1.84. The summed E-state index contributed by atoms with van der Waals surface area (Å²) in [6, 6.07) is 22.0. The number of benzene rings is 3. The summed E-state index contributed by atoms with van der Waals surface area (Å²) in [6.45, 7) is 2.07. The van der Waals surface area contributed by atoms with Gasteiger partial charge in [-0.1, -0.05) is 42.5 Å². The van der Waals surface area contributed by atoms with E-state index < -0.39 is 12.0 Å². The van der Waals surface area contributed by atoms with E-state index in [4.69, 9.17) is 5.73 Å². The summed E-state index contributed by atoms with van der Waals surface area (Å²) < 4.78 is 0. The van der Waals surface area contributed by atoms with Gasteiger partial charge < -0.3 is 30.9 Å². The summed E-state index contributed by atoms with van der Waals surface area (Å²) in [5.74, 6) is -0.782. The van der Waals surface area contributed by atoms with Gasteiger partial charge in [-0.3, -0.25) is 14.4 Å². The Kier molecular flexibility index (Phi) is 9.13. The number of nitrogens with zero attached hydrogens (tertiary/aromatic N) is 3. The molecule has 2 heterocycles. The van der Waals surface area contributed by atoms with Crippen molar-refractivity contribution >= 4 is 34.5 Å². The van der Waals surface area contributed by atoms with E-state index in [2.05, 4.69) is 15.3 Å². The summed E-state index contributed by atoms with van der Waals surface area (Å²) in [4.78, 5) is 50.3. The highest BCUT2D eigenvalue weighted by Gasteiger charge is 2.31. The minimum absolute atomic E-state index is 0.149. The fourth-order valence-corrected chi connectivity index (χ4v) is 5.31. The molecular weight excluding hydrogens is 532 g/mol. The zero-order valence-electron chi connectivity index (χ0n) is 23.5. The molecule has 1 aliphatic rings. The number of para-hydroxylation sites is 2. The maximum Gasteiger partial charge on any atom is 0.305 e. The fraction of sp³-hybridized carbons (Fsp3) is 0.312. The molecule has 0 radical (unpaired) electrons. The molecule has 5 rings (SSSR count). The maximum atomic E-state index is 13.9. The molecule has 0 spiro atoms. The number of H-pyrrole nitrogens is 1. The topological polar surface area (TPSA) is 145 Å². The molecule has 0 saturated carbocycles. The van der Waals surface area contributed by atoms with E-state index in [1.54, 1.807) is 21.9 Å². The molecule has 0 bridgehead atoms. The molecule has 1 unspecified atom stereocenters. The Hall–Kier alpha value is -4.70. The fourth-order valence-electron chi connectivity index (χ4n) is 5.31. The smallest absolute Gasteiger partial charge is 0.305 e. The molecule has 10 heteroatoms. The normalized spacial score (nSPS) is 14.7. The van der Waals surface area contributed by atoms with Crippen molar-refractivity contribution in [1.82, 2.24) is 19.8 Å². The molecule has 0 aliphatic carbocycles. The second kappa shape index (κ2) is 13.3. The van der Waals surface area contributed by atoms with Gasteiger partial charge >= 0.3 is 5.97 Å². The molecule has 1 aliphatic heterocycles. The monoisotopic (exact) mass is 568 g/mol.